The Hall–Kier alpha value is -2.34. The van der Waals surface area contributed by atoms with Gasteiger partial charge in [0.15, 0.2) is 0 Å². The predicted molar refractivity (Wildman–Crippen MR) is 80.8 cm³/mol. The van der Waals surface area contributed by atoms with E-state index in [0.29, 0.717) is 23.7 Å². The number of carbonyl (C=O) groups excluding carboxylic acids is 1. The molecule has 1 aromatic heterocycles. The second-order valence-electron chi connectivity index (χ2n) is 4.81. The zero-order chi connectivity index (χ0) is 16.1. The molecule has 1 heterocycles. The maximum Gasteiger partial charge on any atom is 0.303 e. The molecular formula is C15H15ClN2O4. The van der Waals surface area contributed by atoms with Gasteiger partial charge in [-0.05, 0) is 18.6 Å². The highest BCUT2D eigenvalue weighted by Gasteiger charge is 2.18. The minimum absolute atomic E-state index is 0.0157. The van der Waals surface area contributed by atoms with E-state index < -0.39 is 5.97 Å². The molecule has 0 radical (unpaired) electrons. The van der Waals surface area contributed by atoms with Crippen LogP contribution in [0, 0.1) is 0 Å². The first-order valence-electron chi connectivity index (χ1n) is 6.67. The summed E-state index contributed by atoms with van der Waals surface area (Å²) >= 11 is 5.92. The zero-order valence-electron chi connectivity index (χ0n) is 12.0. The Labute approximate surface area is 132 Å². The predicted octanol–water partition coefficient (Wildman–Crippen LogP) is 2.93. The lowest BCUT2D eigenvalue weighted by atomic mass is 10.1. The number of carboxylic acid groups (broad SMARTS) is 1. The average molecular weight is 323 g/mol. The highest BCUT2D eigenvalue weighted by Crippen LogP contribution is 2.22. The fourth-order valence-electron chi connectivity index (χ4n) is 1.92. The minimum atomic E-state index is -0.885. The number of aliphatic carboxylic acids is 1. The van der Waals surface area contributed by atoms with Crippen molar-refractivity contribution in [2.75, 3.05) is 13.6 Å². The van der Waals surface area contributed by atoms with Crippen LogP contribution in [-0.4, -0.2) is 40.6 Å². The smallest absolute Gasteiger partial charge is 0.303 e. The molecule has 6 nitrogen and oxygen atoms in total. The van der Waals surface area contributed by atoms with Crippen molar-refractivity contribution in [1.82, 2.24) is 10.1 Å². The van der Waals surface area contributed by atoms with Crippen LogP contribution in [-0.2, 0) is 4.79 Å². The largest absolute Gasteiger partial charge is 0.481 e. The summed E-state index contributed by atoms with van der Waals surface area (Å²) in [5.41, 5.74) is 1.27. The Kier molecular flexibility index (Phi) is 5.16. The van der Waals surface area contributed by atoms with Crippen LogP contribution < -0.4 is 0 Å². The minimum Gasteiger partial charge on any atom is -0.481 e. The number of hydrogen-bond acceptors (Lipinski definition) is 4. The van der Waals surface area contributed by atoms with Crippen molar-refractivity contribution in [3.05, 3.63) is 41.1 Å². The highest BCUT2D eigenvalue weighted by molar-refractivity contribution is 6.30. The van der Waals surface area contributed by atoms with Gasteiger partial charge in [0.1, 0.15) is 5.69 Å². The third-order valence-corrected chi connectivity index (χ3v) is 3.31. The van der Waals surface area contributed by atoms with Crippen molar-refractivity contribution in [2.24, 2.45) is 0 Å². The summed E-state index contributed by atoms with van der Waals surface area (Å²) in [5.74, 6) is -1.12. The second kappa shape index (κ2) is 7.09. The lowest BCUT2D eigenvalue weighted by molar-refractivity contribution is -0.137. The highest BCUT2D eigenvalue weighted by atomic mass is 35.5. The SMILES string of the molecule is CN(CCCC(=O)O)C(=O)c1cc(-c2cccc(Cl)c2)no1. The molecule has 22 heavy (non-hydrogen) atoms. The standard InChI is InChI=1S/C15H15ClN2O4/c1-18(7-3-6-14(19)20)15(21)13-9-12(17-22-13)10-4-2-5-11(16)8-10/h2,4-5,8-9H,3,6-7H2,1H3,(H,19,20). The number of amides is 1. The van der Waals surface area contributed by atoms with Gasteiger partial charge in [-0.3, -0.25) is 9.59 Å². The second-order valence-corrected chi connectivity index (χ2v) is 5.25. The number of carbonyl (C=O) groups is 2. The topological polar surface area (TPSA) is 83.6 Å². The molecule has 0 fully saturated rings. The molecule has 0 atom stereocenters. The number of hydrogen-bond donors (Lipinski definition) is 1. The van der Waals surface area contributed by atoms with E-state index in [4.69, 9.17) is 21.2 Å². The molecule has 0 spiro atoms. The van der Waals surface area contributed by atoms with Crippen LogP contribution in [0.15, 0.2) is 34.9 Å². The summed E-state index contributed by atoms with van der Waals surface area (Å²) in [4.78, 5) is 24.0. The van der Waals surface area contributed by atoms with E-state index in [9.17, 15) is 9.59 Å². The Balaban J connectivity index is 2.04. The van der Waals surface area contributed by atoms with Crippen LogP contribution in [0.25, 0.3) is 11.3 Å². The molecule has 0 aliphatic heterocycles. The van der Waals surface area contributed by atoms with Gasteiger partial charge >= 0.3 is 5.97 Å². The zero-order valence-corrected chi connectivity index (χ0v) is 12.7. The molecule has 0 saturated carbocycles. The molecule has 7 heteroatoms. The van der Waals surface area contributed by atoms with E-state index in [-0.39, 0.29) is 18.1 Å². The molecule has 1 amide bonds. The average Bonchev–Trinajstić information content (AvgIpc) is 2.95. The van der Waals surface area contributed by atoms with Gasteiger partial charge in [0.2, 0.25) is 5.76 Å². The monoisotopic (exact) mass is 322 g/mol. The molecule has 0 aliphatic rings. The molecule has 0 aliphatic carbocycles. The van der Waals surface area contributed by atoms with Crippen molar-refractivity contribution in [1.29, 1.82) is 0 Å². The van der Waals surface area contributed by atoms with E-state index in [1.165, 1.54) is 4.90 Å². The van der Waals surface area contributed by atoms with Crippen LogP contribution in [0.2, 0.25) is 5.02 Å². The number of aromatic nitrogens is 1. The van der Waals surface area contributed by atoms with Crippen LogP contribution in [0.5, 0.6) is 0 Å². The van der Waals surface area contributed by atoms with E-state index in [0.717, 1.165) is 5.56 Å². The van der Waals surface area contributed by atoms with Gasteiger partial charge in [0.05, 0.1) is 0 Å². The maximum atomic E-state index is 12.2. The normalized spacial score (nSPS) is 10.5. The maximum absolute atomic E-state index is 12.2. The molecule has 0 unspecified atom stereocenters. The summed E-state index contributed by atoms with van der Waals surface area (Å²) < 4.78 is 5.07. The molecule has 116 valence electrons. The van der Waals surface area contributed by atoms with E-state index in [1.54, 1.807) is 31.3 Å². The van der Waals surface area contributed by atoms with Gasteiger partial charge in [0.25, 0.3) is 5.91 Å². The van der Waals surface area contributed by atoms with E-state index in [2.05, 4.69) is 5.16 Å². The summed E-state index contributed by atoms with van der Waals surface area (Å²) in [7, 11) is 1.59. The first-order valence-corrected chi connectivity index (χ1v) is 7.05. The fraction of sp³-hybridized carbons (Fsp3) is 0.267. The number of carboxylic acids is 1. The first kappa shape index (κ1) is 16.0. The summed E-state index contributed by atoms with van der Waals surface area (Å²) in [5, 5.41) is 13.0. The third-order valence-electron chi connectivity index (χ3n) is 3.07. The number of benzene rings is 1. The number of rotatable bonds is 6. The summed E-state index contributed by atoms with van der Waals surface area (Å²) in [6.07, 6.45) is 0.397. The van der Waals surface area contributed by atoms with Gasteiger partial charge in [-0.2, -0.15) is 0 Å². The van der Waals surface area contributed by atoms with Crippen LogP contribution >= 0.6 is 11.6 Å². The quantitative estimate of drug-likeness (QED) is 0.884. The lowest BCUT2D eigenvalue weighted by Crippen LogP contribution is -2.27. The Bertz CT molecular complexity index is 684. The van der Waals surface area contributed by atoms with Crippen LogP contribution in [0.4, 0.5) is 0 Å². The van der Waals surface area contributed by atoms with Crippen molar-refractivity contribution in [3.8, 4) is 11.3 Å². The number of halogens is 1. The fourth-order valence-corrected chi connectivity index (χ4v) is 2.11. The van der Waals surface area contributed by atoms with Crippen molar-refractivity contribution >= 4 is 23.5 Å². The summed E-state index contributed by atoms with van der Waals surface area (Å²) in [6, 6.07) is 8.61. The van der Waals surface area contributed by atoms with Gasteiger partial charge in [0, 0.05) is 36.7 Å². The molecule has 1 aromatic carbocycles. The molecule has 2 aromatic rings. The van der Waals surface area contributed by atoms with Gasteiger partial charge in [-0.1, -0.05) is 28.9 Å². The molecule has 2 rings (SSSR count). The van der Waals surface area contributed by atoms with Crippen molar-refractivity contribution in [3.63, 3.8) is 0 Å². The third kappa shape index (κ3) is 4.08. The Morgan fingerprint density at radius 1 is 1.36 bits per heavy atom. The summed E-state index contributed by atoms with van der Waals surface area (Å²) in [6.45, 7) is 0.332. The molecule has 0 saturated heterocycles. The first-order chi connectivity index (χ1) is 10.5. The Morgan fingerprint density at radius 3 is 2.82 bits per heavy atom. The van der Waals surface area contributed by atoms with Gasteiger partial charge < -0.3 is 14.5 Å². The van der Waals surface area contributed by atoms with Gasteiger partial charge in [-0.25, -0.2) is 0 Å². The molecule has 1 N–H and O–H groups in total. The van der Waals surface area contributed by atoms with E-state index >= 15 is 0 Å². The number of nitrogens with zero attached hydrogens (tertiary/aromatic N) is 2. The Morgan fingerprint density at radius 2 is 2.14 bits per heavy atom. The molecular weight excluding hydrogens is 308 g/mol. The van der Waals surface area contributed by atoms with E-state index in [1.807, 2.05) is 6.07 Å². The molecule has 0 bridgehead atoms. The lowest BCUT2D eigenvalue weighted by Gasteiger charge is -2.14. The van der Waals surface area contributed by atoms with Crippen LogP contribution in [0.3, 0.4) is 0 Å². The van der Waals surface area contributed by atoms with Crippen LogP contribution in [0.1, 0.15) is 23.4 Å². The van der Waals surface area contributed by atoms with Crippen molar-refractivity contribution < 1.29 is 19.2 Å². The van der Waals surface area contributed by atoms with Crippen molar-refractivity contribution in [2.45, 2.75) is 12.8 Å². The van der Waals surface area contributed by atoms with Gasteiger partial charge in [-0.15, -0.1) is 0 Å².